The van der Waals surface area contributed by atoms with Gasteiger partial charge in [-0.2, -0.15) is 5.26 Å². The Kier molecular flexibility index (Phi) is 7.38. The number of nitriles is 1. The van der Waals surface area contributed by atoms with Crippen LogP contribution in [-0.2, 0) is 19.5 Å². The molecule has 0 aliphatic carbocycles. The molecular weight excluding hydrogens is 550 g/mol. The van der Waals surface area contributed by atoms with E-state index in [9.17, 15) is 5.26 Å². The third-order valence-electron chi connectivity index (χ3n) is 9.18. The number of thiazole rings is 1. The van der Waals surface area contributed by atoms with Gasteiger partial charge in [-0.15, -0.1) is 11.3 Å². The van der Waals surface area contributed by atoms with Crippen LogP contribution >= 0.6 is 11.3 Å². The van der Waals surface area contributed by atoms with Gasteiger partial charge in [-0.1, -0.05) is 30.3 Å². The summed E-state index contributed by atoms with van der Waals surface area (Å²) < 4.78 is 6.31. The van der Waals surface area contributed by atoms with E-state index in [0.29, 0.717) is 23.1 Å². The zero-order chi connectivity index (χ0) is 29.7. The van der Waals surface area contributed by atoms with Crippen LogP contribution in [-0.4, -0.2) is 45.4 Å². The third kappa shape index (κ3) is 5.18. The molecule has 5 aromatic rings. The number of hydrogen-bond acceptors (Lipinski definition) is 7. The third-order valence-corrected chi connectivity index (χ3v) is 10.3. The van der Waals surface area contributed by atoms with Crippen molar-refractivity contribution in [1.82, 2.24) is 19.8 Å². The quantitative estimate of drug-likeness (QED) is 0.200. The van der Waals surface area contributed by atoms with E-state index in [-0.39, 0.29) is 0 Å². The van der Waals surface area contributed by atoms with Gasteiger partial charge in [0.2, 0.25) is 5.89 Å². The van der Waals surface area contributed by atoms with Crippen molar-refractivity contribution in [2.24, 2.45) is 0 Å². The molecular formula is C36H37N5OS. The molecule has 0 bridgehead atoms. The SMILES string of the molecule is Cc1c(-c2nc3cc(CN4CCCC4)cc(C#N)c3o2)cccc1-c1cccc(-c2nc3c(s2)CN(C(C)C)CC3)c1C. The van der Waals surface area contributed by atoms with Gasteiger partial charge in [0.25, 0.3) is 0 Å². The van der Waals surface area contributed by atoms with Gasteiger partial charge in [0.15, 0.2) is 5.58 Å². The predicted octanol–water partition coefficient (Wildman–Crippen LogP) is 8.14. The van der Waals surface area contributed by atoms with Crippen molar-refractivity contribution in [2.75, 3.05) is 19.6 Å². The molecule has 1 fully saturated rings. The summed E-state index contributed by atoms with van der Waals surface area (Å²) in [5.41, 5.74) is 11.1. The van der Waals surface area contributed by atoms with Gasteiger partial charge in [-0.3, -0.25) is 9.80 Å². The number of likely N-dealkylation sites (tertiary alicyclic amines) is 1. The van der Waals surface area contributed by atoms with E-state index >= 15 is 0 Å². The number of nitrogens with zero attached hydrogens (tertiary/aromatic N) is 5. The maximum absolute atomic E-state index is 9.93. The van der Waals surface area contributed by atoms with Gasteiger partial charge in [0.05, 0.1) is 11.3 Å². The summed E-state index contributed by atoms with van der Waals surface area (Å²) >= 11 is 1.84. The fraction of sp³-hybridized carbons (Fsp3) is 0.361. The Morgan fingerprint density at radius 1 is 0.930 bits per heavy atom. The summed E-state index contributed by atoms with van der Waals surface area (Å²) in [6.07, 6.45) is 3.49. The predicted molar refractivity (Wildman–Crippen MR) is 174 cm³/mol. The summed E-state index contributed by atoms with van der Waals surface area (Å²) in [5.74, 6) is 0.556. The smallest absolute Gasteiger partial charge is 0.227 e. The van der Waals surface area contributed by atoms with Gasteiger partial charge in [0, 0.05) is 48.1 Å². The van der Waals surface area contributed by atoms with Crippen LogP contribution in [0.4, 0.5) is 0 Å². The summed E-state index contributed by atoms with van der Waals surface area (Å²) in [5, 5.41) is 11.0. The minimum absolute atomic E-state index is 0.545. The number of fused-ring (bicyclic) bond motifs is 2. The van der Waals surface area contributed by atoms with Crippen molar-refractivity contribution in [3.05, 3.63) is 81.4 Å². The van der Waals surface area contributed by atoms with Crippen LogP contribution in [0.5, 0.6) is 0 Å². The average Bonchev–Trinajstić information content (AvgIpc) is 3.77. The Bertz CT molecular complexity index is 1870. The second-order valence-corrected chi connectivity index (χ2v) is 13.3. The van der Waals surface area contributed by atoms with Crippen molar-refractivity contribution >= 4 is 22.4 Å². The van der Waals surface area contributed by atoms with Crippen LogP contribution in [0.3, 0.4) is 0 Å². The first-order chi connectivity index (χ1) is 20.9. The molecule has 4 heterocycles. The van der Waals surface area contributed by atoms with E-state index in [1.165, 1.54) is 40.1 Å². The fourth-order valence-corrected chi connectivity index (χ4v) is 7.89. The molecule has 3 aromatic carbocycles. The Balaban J connectivity index is 1.24. The molecule has 1 saturated heterocycles. The topological polar surface area (TPSA) is 69.2 Å². The normalized spacial score (nSPS) is 15.8. The van der Waals surface area contributed by atoms with E-state index in [0.717, 1.165) is 71.9 Å². The largest absolute Gasteiger partial charge is 0.435 e. The van der Waals surface area contributed by atoms with Crippen molar-refractivity contribution < 1.29 is 4.42 Å². The van der Waals surface area contributed by atoms with Gasteiger partial charge < -0.3 is 4.42 Å². The van der Waals surface area contributed by atoms with E-state index in [4.69, 9.17) is 14.4 Å². The van der Waals surface area contributed by atoms with Crippen LogP contribution in [0, 0.1) is 25.2 Å². The summed E-state index contributed by atoms with van der Waals surface area (Å²) in [6, 6.07) is 19.8. The van der Waals surface area contributed by atoms with Crippen molar-refractivity contribution in [3.8, 4) is 39.2 Å². The molecule has 0 N–H and O–H groups in total. The first-order valence-electron chi connectivity index (χ1n) is 15.4. The zero-order valence-corrected chi connectivity index (χ0v) is 26.2. The molecule has 6 nitrogen and oxygen atoms in total. The second-order valence-electron chi connectivity index (χ2n) is 12.3. The lowest BCUT2D eigenvalue weighted by Crippen LogP contribution is -2.35. The summed E-state index contributed by atoms with van der Waals surface area (Å²) in [6.45, 7) is 14.0. The van der Waals surface area contributed by atoms with Gasteiger partial charge in [-0.25, -0.2) is 9.97 Å². The van der Waals surface area contributed by atoms with Crippen LogP contribution in [0.15, 0.2) is 52.9 Å². The minimum Gasteiger partial charge on any atom is -0.435 e. The van der Waals surface area contributed by atoms with E-state index in [1.807, 2.05) is 17.4 Å². The molecule has 0 spiro atoms. The second kappa shape index (κ2) is 11.3. The van der Waals surface area contributed by atoms with Crippen LogP contribution in [0.1, 0.15) is 59.5 Å². The monoisotopic (exact) mass is 587 g/mol. The Morgan fingerprint density at radius 3 is 2.35 bits per heavy atom. The van der Waals surface area contributed by atoms with Crippen molar-refractivity contribution in [1.29, 1.82) is 5.26 Å². The number of hydrogen-bond donors (Lipinski definition) is 0. The standard InChI is InChI=1S/C36H37N5OS/c1-22(2)41-16-13-31-33(21-41)43-36(39-31)30-12-8-10-28(24(30)4)27-9-7-11-29(23(27)3)35-38-32-18-25(20-40-14-5-6-15-40)17-26(19-37)34(32)42-35/h7-12,17-18,22H,5-6,13-16,20-21H2,1-4H3. The molecule has 7 rings (SSSR count). The molecule has 2 aromatic heterocycles. The van der Waals surface area contributed by atoms with Crippen LogP contribution < -0.4 is 0 Å². The molecule has 7 heteroatoms. The number of aromatic nitrogens is 2. The lowest BCUT2D eigenvalue weighted by Gasteiger charge is -2.29. The zero-order valence-electron chi connectivity index (χ0n) is 25.4. The number of oxazole rings is 1. The number of benzene rings is 3. The van der Waals surface area contributed by atoms with Crippen molar-refractivity contribution in [3.63, 3.8) is 0 Å². The van der Waals surface area contributed by atoms with Crippen molar-refractivity contribution in [2.45, 2.75) is 66.1 Å². The first-order valence-corrected chi connectivity index (χ1v) is 16.2. The fourth-order valence-electron chi connectivity index (χ4n) is 6.67. The maximum Gasteiger partial charge on any atom is 0.227 e. The van der Waals surface area contributed by atoms with E-state index < -0.39 is 0 Å². The van der Waals surface area contributed by atoms with E-state index in [1.54, 1.807) is 0 Å². The maximum atomic E-state index is 9.93. The molecule has 0 atom stereocenters. The Labute approximate surface area is 257 Å². The average molecular weight is 588 g/mol. The summed E-state index contributed by atoms with van der Waals surface area (Å²) in [4.78, 5) is 16.4. The molecule has 2 aliphatic heterocycles. The molecule has 0 saturated carbocycles. The minimum atomic E-state index is 0.545. The molecule has 43 heavy (non-hydrogen) atoms. The molecule has 0 radical (unpaired) electrons. The Hall–Kier alpha value is -3.83. The molecule has 218 valence electrons. The number of rotatable bonds is 6. The van der Waals surface area contributed by atoms with Crippen LogP contribution in [0.25, 0.3) is 44.3 Å². The van der Waals surface area contributed by atoms with Gasteiger partial charge in [0.1, 0.15) is 16.6 Å². The highest BCUT2D eigenvalue weighted by Gasteiger charge is 2.24. The Morgan fingerprint density at radius 2 is 1.63 bits per heavy atom. The molecule has 0 amide bonds. The van der Waals surface area contributed by atoms with E-state index in [2.05, 4.69) is 86.0 Å². The highest BCUT2D eigenvalue weighted by atomic mass is 32.1. The molecule has 2 aliphatic rings. The van der Waals surface area contributed by atoms with Gasteiger partial charge >= 0.3 is 0 Å². The highest BCUT2D eigenvalue weighted by Crippen LogP contribution is 2.40. The lowest BCUT2D eigenvalue weighted by atomic mass is 9.91. The lowest BCUT2D eigenvalue weighted by molar-refractivity contribution is 0.205. The first kappa shape index (κ1) is 28.0. The highest BCUT2D eigenvalue weighted by molar-refractivity contribution is 7.15. The summed E-state index contributed by atoms with van der Waals surface area (Å²) in [7, 11) is 0. The van der Waals surface area contributed by atoms with Crippen LogP contribution in [0.2, 0.25) is 0 Å². The van der Waals surface area contributed by atoms with Gasteiger partial charge in [-0.05, 0) is 99.6 Å². The molecule has 0 unspecified atom stereocenters.